The summed E-state index contributed by atoms with van der Waals surface area (Å²) in [6.45, 7) is 1.35. The number of rotatable bonds is 7. The number of aromatic nitrogens is 4. The summed E-state index contributed by atoms with van der Waals surface area (Å²) in [7, 11) is 1.70. The molecule has 160 valence electrons. The van der Waals surface area contributed by atoms with Crippen LogP contribution in [0.2, 0.25) is 0 Å². The fourth-order valence-electron chi connectivity index (χ4n) is 3.51. The van der Waals surface area contributed by atoms with E-state index in [1.54, 1.807) is 19.3 Å². The smallest absolute Gasteiger partial charge is 0.272 e. The van der Waals surface area contributed by atoms with E-state index in [1.165, 1.54) is 18.5 Å². The van der Waals surface area contributed by atoms with Gasteiger partial charge >= 0.3 is 0 Å². The van der Waals surface area contributed by atoms with E-state index in [1.807, 2.05) is 0 Å². The van der Waals surface area contributed by atoms with Crippen molar-refractivity contribution in [2.24, 2.45) is 0 Å². The van der Waals surface area contributed by atoms with E-state index in [0.29, 0.717) is 41.1 Å². The minimum atomic E-state index is -0.452. The maximum Gasteiger partial charge on any atom is 0.272 e. The highest BCUT2D eigenvalue weighted by atomic mass is 19.1. The molecule has 3 heterocycles. The number of aromatic amines is 1. The van der Waals surface area contributed by atoms with Crippen LogP contribution in [-0.4, -0.2) is 52.3 Å². The topological polar surface area (TPSA) is 129 Å². The number of carbonyl (C=O) groups is 1. The molecule has 0 spiro atoms. The lowest BCUT2D eigenvalue weighted by Gasteiger charge is -2.09. The molecule has 1 fully saturated rings. The van der Waals surface area contributed by atoms with E-state index in [9.17, 15) is 9.18 Å². The Bertz CT molecular complexity index is 1150. The second-order valence-electron chi connectivity index (χ2n) is 7.17. The first-order chi connectivity index (χ1) is 15.1. The Morgan fingerprint density at radius 3 is 3.00 bits per heavy atom. The van der Waals surface area contributed by atoms with Gasteiger partial charge < -0.3 is 25.8 Å². The van der Waals surface area contributed by atoms with Crippen LogP contribution in [0, 0.1) is 11.2 Å². The molecule has 1 saturated heterocycles. The number of ether oxygens (including phenoxy) is 1. The lowest BCUT2D eigenvalue weighted by molar-refractivity contribution is 0.0947. The summed E-state index contributed by atoms with van der Waals surface area (Å²) in [5.74, 6) is -0.00186. The number of nitrogens with one attached hydrogen (secondary N) is 4. The van der Waals surface area contributed by atoms with Crippen LogP contribution in [0.4, 0.5) is 4.39 Å². The van der Waals surface area contributed by atoms with Crippen molar-refractivity contribution in [1.29, 1.82) is 5.41 Å². The van der Waals surface area contributed by atoms with Crippen molar-refractivity contribution in [3.8, 4) is 0 Å². The number of hydrogen-bond donors (Lipinski definition) is 4. The first-order valence-corrected chi connectivity index (χ1v) is 9.83. The number of imidazole rings is 1. The highest BCUT2D eigenvalue weighted by Crippen LogP contribution is 2.25. The highest BCUT2D eigenvalue weighted by molar-refractivity contribution is 6.08. The molecule has 4 rings (SSSR count). The molecule has 31 heavy (non-hydrogen) atoms. The van der Waals surface area contributed by atoms with Gasteiger partial charge in [0.1, 0.15) is 23.5 Å². The summed E-state index contributed by atoms with van der Waals surface area (Å²) in [6, 6.07) is 4.41. The molecule has 1 amide bonds. The zero-order valence-corrected chi connectivity index (χ0v) is 16.9. The summed E-state index contributed by atoms with van der Waals surface area (Å²) in [5.41, 5.74) is 2.68. The number of H-pyrrole nitrogens is 1. The molecule has 0 bridgehead atoms. The monoisotopic (exact) mass is 423 g/mol. The number of benzene rings is 1. The Labute approximate surface area is 177 Å². The fraction of sp³-hybridized carbons (Fsp3) is 0.286. The van der Waals surface area contributed by atoms with Crippen molar-refractivity contribution in [3.63, 3.8) is 0 Å². The van der Waals surface area contributed by atoms with Crippen molar-refractivity contribution in [2.75, 3.05) is 20.3 Å². The first kappa shape index (κ1) is 20.6. The summed E-state index contributed by atoms with van der Waals surface area (Å²) in [5, 5.41) is 13.1. The van der Waals surface area contributed by atoms with Crippen LogP contribution in [0.5, 0.6) is 0 Å². The summed E-state index contributed by atoms with van der Waals surface area (Å²) < 4.78 is 19.5. The number of allylic oxidation sites excluding steroid dienone is 1. The van der Waals surface area contributed by atoms with Gasteiger partial charge in [0.05, 0.1) is 6.61 Å². The Morgan fingerprint density at radius 2 is 2.26 bits per heavy atom. The quantitative estimate of drug-likeness (QED) is 0.431. The molecule has 2 aromatic heterocycles. The Balaban J connectivity index is 1.54. The minimum absolute atomic E-state index is 0.0946. The molecule has 3 aromatic rings. The third-order valence-corrected chi connectivity index (χ3v) is 5.04. The highest BCUT2D eigenvalue weighted by Gasteiger charge is 2.23. The van der Waals surface area contributed by atoms with Gasteiger partial charge in [-0.15, -0.1) is 0 Å². The molecule has 0 saturated carbocycles. The summed E-state index contributed by atoms with van der Waals surface area (Å²) in [6.07, 6.45) is 4.89. The standard InChI is InChI=1S/C21H22FN7O2/c1-24-9-15(7-23)14-4-12(5-16(22)6-14)8-25-21(30)18-17-20(27-11-26-18)29-19(28-17)13-2-3-31-10-13/h4-7,9,11,13,23-24H,2-3,8,10H2,1H3,(H,25,30)(H,26,27,28,29)/b15-9+,23-7?. The molecule has 0 radical (unpaired) electrons. The van der Waals surface area contributed by atoms with Crippen molar-refractivity contribution in [3.05, 3.63) is 59.2 Å². The molecule has 1 aliphatic rings. The Morgan fingerprint density at radius 1 is 1.39 bits per heavy atom. The largest absolute Gasteiger partial charge is 0.393 e. The third-order valence-electron chi connectivity index (χ3n) is 5.04. The number of carbonyl (C=O) groups excluding carboxylic acids is 1. The number of nitrogens with zero attached hydrogens (tertiary/aromatic N) is 3. The number of amides is 1. The normalized spacial score (nSPS) is 16.5. The second-order valence-corrected chi connectivity index (χ2v) is 7.17. The number of halogens is 1. The molecular weight excluding hydrogens is 401 g/mol. The first-order valence-electron chi connectivity index (χ1n) is 9.83. The van der Waals surface area contributed by atoms with Crippen molar-refractivity contribution < 1.29 is 13.9 Å². The van der Waals surface area contributed by atoms with Crippen molar-refractivity contribution in [2.45, 2.75) is 18.9 Å². The van der Waals surface area contributed by atoms with Gasteiger partial charge in [-0.25, -0.2) is 19.3 Å². The van der Waals surface area contributed by atoms with E-state index in [2.05, 4.69) is 30.6 Å². The third kappa shape index (κ3) is 4.43. The molecule has 9 nitrogen and oxygen atoms in total. The van der Waals surface area contributed by atoms with Crippen LogP contribution in [0.15, 0.2) is 30.7 Å². The van der Waals surface area contributed by atoms with Gasteiger partial charge in [0.25, 0.3) is 5.91 Å². The van der Waals surface area contributed by atoms with Gasteiger partial charge in [0, 0.05) is 44.1 Å². The second kappa shape index (κ2) is 9.00. The van der Waals surface area contributed by atoms with E-state index >= 15 is 0 Å². The molecule has 1 unspecified atom stereocenters. The lowest BCUT2D eigenvalue weighted by atomic mass is 10.0. The molecule has 0 aliphatic carbocycles. The maximum atomic E-state index is 14.1. The van der Waals surface area contributed by atoms with Gasteiger partial charge in [-0.2, -0.15) is 0 Å². The van der Waals surface area contributed by atoms with Gasteiger partial charge in [0.2, 0.25) is 0 Å². The average molecular weight is 423 g/mol. The van der Waals surface area contributed by atoms with E-state index in [-0.39, 0.29) is 18.2 Å². The molecule has 1 aromatic carbocycles. The lowest BCUT2D eigenvalue weighted by Crippen LogP contribution is -2.24. The average Bonchev–Trinajstić information content (AvgIpc) is 3.44. The van der Waals surface area contributed by atoms with Crippen LogP contribution in [0.1, 0.15) is 39.8 Å². The molecule has 1 aliphatic heterocycles. The number of hydrogen-bond acceptors (Lipinski definition) is 7. The van der Waals surface area contributed by atoms with Gasteiger partial charge in [-0.05, 0) is 35.7 Å². The predicted molar refractivity (Wildman–Crippen MR) is 113 cm³/mol. The van der Waals surface area contributed by atoms with Gasteiger partial charge in [-0.3, -0.25) is 4.79 Å². The van der Waals surface area contributed by atoms with E-state index < -0.39 is 11.7 Å². The molecule has 4 N–H and O–H groups in total. The van der Waals surface area contributed by atoms with Crippen LogP contribution < -0.4 is 10.6 Å². The van der Waals surface area contributed by atoms with Gasteiger partial charge in [0.15, 0.2) is 11.3 Å². The maximum absolute atomic E-state index is 14.1. The van der Waals surface area contributed by atoms with Gasteiger partial charge in [-0.1, -0.05) is 0 Å². The van der Waals surface area contributed by atoms with Crippen LogP contribution in [0.3, 0.4) is 0 Å². The fourth-order valence-corrected chi connectivity index (χ4v) is 3.51. The minimum Gasteiger partial charge on any atom is -0.393 e. The van der Waals surface area contributed by atoms with Crippen molar-refractivity contribution in [1.82, 2.24) is 30.6 Å². The van der Waals surface area contributed by atoms with Crippen molar-refractivity contribution >= 4 is 28.9 Å². The predicted octanol–water partition coefficient (Wildman–Crippen LogP) is 2.14. The number of fused-ring (bicyclic) bond motifs is 1. The SMILES string of the molecule is CN/C=C(\C=N)c1cc(F)cc(CNC(=O)c2ncnc3nc(C4CCOC4)[nH]c23)c1. The zero-order valence-electron chi connectivity index (χ0n) is 16.9. The van der Waals surface area contributed by atoms with Crippen LogP contribution in [-0.2, 0) is 11.3 Å². The zero-order chi connectivity index (χ0) is 21.8. The molecule has 10 heteroatoms. The Hall–Kier alpha value is -3.66. The summed E-state index contributed by atoms with van der Waals surface area (Å²) >= 11 is 0. The van der Waals surface area contributed by atoms with Crippen LogP contribution in [0.25, 0.3) is 16.7 Å². The molecular formula is C21H22FN7O2. The summed E-state index contributed by atoms with van der Waals surface area (Å²) in [4.78, 5) is 28.7. The molecule has 1 atom stereocenters. The van der Waals surface area contributed by atoms with E-state index in [4.69, 9.17) is 10.1 Å². The van der Waals surface area contributed by atoms with E-state index in [0.717, 1.165) is 18.5 Å². The van der Waals surface area contributed by atoms with Crippen LogP contribution >= 0.6 is 0 Å². The Kier molecular flexibility index (Phi) is 5.99.